The van der Waals surface area contributed by atoms with Crippen LogP contribution in [-0.2, 0) is 4.79 Å². The first-order valence-electron chi connectivity index (χ1n) is 3.78. The van der Waals surface area contributed by atoms with Crippen molar-refractivity contribution in [1.29, 1.82) is 0 Å². The van der Waals surface area contributed by atoms with E-state index in [-0.39, 0.29) is 17.9 Å². The van der Waals surface area contributed by atoms with Gasteiger partial charge in [-0.05, 0) is 18.2 Å². The van der Waals surface area contributed by atoms with Crippen LogP contribution in [0.25, 0.3) is 5.57 Å². The number of nitrogens with zero attached hydrogens (tertiary/aromatic N) is 1. The van der Waals surface area contributed by atoms with Crippen molar-refractivity contribution in [3.63, 3.8) is 0 Å². The first kappa shape index (κ1) is 7.79. The first-order valence-corrected chi connectivity index (χ1v) is 3.78. The van der Waals surface area contributed by atoms with Gasteiger partial charge in [0.05, 0.1) is 17.5 Å². The van der Waals surface area contributed by atoms with Crippen LogP contribution in [0.4, 0.5) is 0 Å². The molecule has 1 aliphatic heterocycles. The van der Waals surface area contributed by atoms with Gasteiger partial charge >= 0.3 is 5.97 Å². The van der Waals surface area contributed by atoms with Gasteiger partial charge in [0, 0.05) is 5.22 Å². The lowest BCUT2D eigenvalue weighted by Crippen LogP contribution is -2.24. The third-order valence-corrected chi connectivity index (χ3v) is 1.97. The largest absolute Gasteiger partial charge is 0.508 e. The Balaban J connectivity index is 2.82. The molecule has 0 amide bonds. The molecular weight excluding hydrogens is 170 g/mol. The van der Waals surface area contributed by atoms with Crippen molar-refractivity contribution < 1.29 is 15.0 Å². The maximum absolute atomic E-state index is 10.7. The summed E-state index contributed by atoms with van der Waals surface area (Å²) in [4.78, 5) is 14.7. The van der Waals surface area contributed by atoms with Crippen molar-refractivity contribution in [2.24, 2.45) is 4.99 Å². The average Bonchev–Trinajstić information content (AvgIpc) is 2.46. The number of benzene rings is 1. The molecule has 2 N–H and O–H groups in total. The average molecular weight is 177 g/mol. The van der Waals surface area contributed by atoms with E-state index in [1.807, 2.05) is 0 Å². The number of rotatable bonds is 1. The zero-order chi connectivity index (χ0) is 9.42. The SMILES string of the molecule is O=C(O)C1=c2cc(O)ccc2=NC1. The third kappa shape index (κ3) is 1.16. The lowest BCUT2D eigenvalue weighted by atomic mass is 10.2. The minimum Gasteiger partial charge on any atom is -0.508 e. The second-order valence-electron chi connectivity index (χ2n) is 2.80. The van der Waals surface area contributed by atoms with Gasteiger partial charge in [-0.25, -0.2) is 4.79 Å². The van der Waals surface area contributed by atoms with E-state index in [9.17, 15) is 4.79 Å². The Hall–Kier alpha value is -1.84. The van der Waals surface area contributed by atoms with E-state index < -0.39 is 5.97 Å². The van der Waals surface area contributed by atoms with Gasteiger partial charge in [-0.2, -0.15) is 0 Å². The molecular formula is C9H7NO3. The molecule has 66 valence electrons. The summed E-state index contributed by atoms with van der Waals surface area (Å²) in [5.74, 6) is -0.914. The molecule has 2 rings (SSSR count). The summed E-state index contributed by atoms with van der Waals surface area (Å²) < 4.78 is 0. The number of aliphatic carboxylic acids is 1. The van der Waals surface area contributed by atoms with Crippen LogP contribution in [0.5, 0.6) is 5.75 Å². The van der Waals surface area contributed by atoms with Crippen LogP contribution >= 0.6 is 0 Å². The highest BCUT2D eigenvalue weighted by molar-refractivity contribution is 6.09. The second-order valence-corrected chi connectivity index (χ2v) is 2.80. The number of hydrogen-bond donors (Lipinski definition) is 2. The maximum atomic E-state index is 10.7. The number of carbonyl (C=O) groups is 1. The summed E-state index contributed by atoms with van der Waals surface area (Å²) in [6, 6.07) is 4.53. The molecule has 4 heteroatoms. The third-order valence-electron chi connectivity index (χ3n) is 1.97. The van der Waals surface area contributed by atoms with Crippen LogP contribution < -0.4 is 10.6 Å². The van der Waals surface area contributed by atoms with Gasteiger partial charge in [0.2, 0.25) is 0 Å². The number of phenols is 1. The highest BCUT2D eigenvalue weighted by Crippen LogP contribution is 2.03. The van der Waals surface area contributed by atoms with E-state index in [2.05, 4.69) is 4.99 Å². The Kier molecular flexibility index (Phi) is 1.55. The van der Waals surface area contributed by atoms with Gasteiger partial charge in [0.15, 0.2) is 0 Å². The van der Waals surface area contributed by atoms with E-state index in [0.717, 1.165) is 0 Å². The smallest absolute Gasteiger partial charge is 0.334 e. The van der Waals surface area contributed by atoms with Crippen molar-refractivity contribution in [2.75, 3.05) is 6.54 Å². The van der Waals surface area contributed by atoms with Crippen LogP contribution in [0.15, 0.2) is 23.2 Å². The highest BCUT2D eigenvalue weighted by Gasteiger charge is 2.13. The highest BCUT2D eigenvalue weighted by atomic mass is 16.4. The molecule has 1 heterocycles. The molecule has 0 saturated heterocycles. The van der Waals surface area contributed by atoms with Crippen molar-refractivity contribution in [2.45, 2.75) is 0 Å². The summed E-state index contributed by atoms with van der Waals surface area (Å²) >= 11 is 0. The quantitative estimate of drug-likeness (QED) is 0.593. The Morgan fingerprint density at radius 1 is 1.46 bits per heavy atom. The number of carboxylic acids is 1. The number of aromatic hydroxyl groups is 1. The number of hydrogen-bond acceptors (Lipinski definition) is 3. The minimum absolute atomic E-state index is 0.0644. The van der Waals surface area contributed by atoms with Gasteiger partial charge in [0.25, 0.3) is 0 Å². The summed E-state index contributed by atoms with van der Waals surface area (Å²) in [6.45, 7) is 0.189. The van der Waals surface area contributed by atoms with E-state index in [1.54, 1.807) is 6.07 Å². The fraction of sp³-hybridized carbons (Fsp3) is 0.111. The molecule has 4 nitrogen and oxygen atoms in total. The van der Waals surface area contributed by atoms with Crippen LogP contribution in [0, 0.1) is 0 Å². The zero-order valence-corrected chi connectivity index (χ0v) is 6.69. The van der Waals surface area contributed by atoms with Gasteiger partial charge in [0.1, 0.15) is 5.75 Å². The molecule has 0 spiro atoms. The molecule has 13 heavy (non-hydrogen) atoms. The summed E-state index contributed by atoms with van der Waals surface area (Å²) in [6.07, 6.45) is 0. The predicted octanol–water partition coefficient (Wildman–Crippen LogP) is -0.739. The molecule has 0 aliphatic carbocycles. The predicted molar refractivity (Wildman–Crippen MR) is 44.8 cm³/mol. The lowest BCUT2D eigenvalue weighted by Gasteiger charge is -1.91. The Morgan fingerprint density at radius 2 is 2.23 bits per heavy atom. The fourth-order valence-electron chi connectivity index (χ4n) is 1.34. The van der Waals surface area contributed by atoms with Crippen molar-refractivity contribution in [3.05, 3.63) is 28.8 Å². The van der Waals surface area contributed by atoms with Gasteiger partial charge in [-0.1, -0.05) is 0 Å². The van der Waals surface area contributed by atoms with Crippen molar-refractivity contribution >= 4 is 11.5 Å². The molecule has 0 fully saturated rings. The standard InChI is InChI=1S/C9H7NO3/c11-5-1-2-8-6(3-5)7(4-10-8)9(12)13/h1-3,11H,4H2,(H,12,13). The first-order chi connectivity index (χ1) is 6.18. The molecule has 1 aliphatic rings. The van der Waals surface area contributed by atoms with E-state index in [0.29, 0.717) is 10.6 Å². The van der Waals surface area contributed by atoms with Crippen molar-refractivity contribution in [3.8, 4) is 5.75 Å². The fourth-order valence-corrected chi connectivity index (χ4v) is 1.34. The Labute approximate surface area is 73.5 Å². The van der Waals surface area contributed by atoms with Crippen LogP contribution in [-0.4, -0.2) is 22.7 Å². The number of phenolic OH excluding ortho intramolecular Hbond substituents is 1. The van der Waals surface area contributed by atoms with Gasteiger partial charge in [-0.15, -0.1) is 0 Å². The molecule has 1 aromatic carbocycles. The van der Waals surface area contributed by atoms with Gasteiger partial charge < -0.3 is 10.2 Å². The number of fused-ring (bicyclic) bond motifs is 1. The lowest BCUT2D eigenvalue weighted by molar-refractivity contribution is -0.130. The number of carboxylic acid groups (broad SMARTS) is 1. The second kappa shape index (κ2) is 2.58. The monoisotopic (exact) mass is 177 g/mol. The topological polar surface area (TPSA) is 69.9 Å². The van der Waals surface area contributed by atoms with E-state index in [1.165, 1.54) is 12.1 Å². The Bertz CT molecular complexity index is 490. The van der Waals surface area contributed by atoms with E-state index in [4.69, 9.17) is 10.2 Å². The molecule has 0 saturated carbocycles. The molecule has 0 atom stereocenters. The molecule has 0 unspecified atom stereocenters. The molecule has 1 aromatic rings. The van der Waals surface area contributed by atoms with Crippen LogP contribution in [0.2, 0.25) is 0 Å². The summed E-state index contributed by atoms with van der Waals surface area (Å²) in [5.41, 5.74) is 0.242. The summed E-state index contributed by atoms with van der Waals surface area (Å²) in [5, 5.41) is 19.1. The maximum Gasteiger partial charge on any atom is 0.334 e. The normalized spacial score (nSPS) is 13.7. The molecule has 0 radical (unpaired) electrons. The van der Waals surface area contributed by atoms with Gasteiger partial charge in [-0.3, -0.25) is 4.99 Å². The minimum atomic E-state index is -0.979. The molecule has 0 aromatic heterocycles. The zero-order valence-electron chi connectivity index (χ0n) is 6.69. The van der Waals surface area contributed by atoms with Crippen LogP contribution in [0.1, 0.15) is 0 Å². The van der Waals surface area contributed by atoms with E-state index >= 15 is 0 Å². The van der Waals surface area contributed by atoms with Crippen LogP contribution in [0.3, 0.4) is 0 Å². The van der Waals surface area contributed by atoms with Crippen molar-refractivity contribution in [1.82, 2.24) is 0 Å². The molecule has 0 bridgehead atoms. The summed E-state index contributed by atoms with van der Waals surface area (Å²) in [7, 11) is 0. The Morgan fingerprint density at radius 3 is 2.92 bits per heavy atom.